The number of nitrogens with zero attached hydrogens (tertiary/aromatic N) is 2. The van der Waals surface area contributed by atoms with Gasteiger partial charge in [-0.05, 0) is 36.0 Å². The Bertz CT molecular complexity index is 468. The van der Waals surface area contributed by atoms with E-state index in [2.05, 4.69) is 38.3 Å². The Kier molecular flexibility index (Phi) is 3.73. The van der Waals surface area contributed by atoms with Crippen molar-refractivity contribution in [2.24, 2.45) is 0 Å². The fraction of sp³-hybridized carbons (Fsp3) is 0.400. The van der Waals surface area contributed by atoms with Gasteiger partial charge < -0.3 is 9.84 Å². The SMILES string of the molecule is CNC(C)Cc1noc(-c2cc(Br)cs2)n1. The predicted molar refractivity (Wildman–Crippen MR) is 67.5 cm³/mol. The molecule has 0 saturated heterocycles. The van der Waals surface area contributed by atoms with Crippen LogP contribution in [0.25, 0.3) is 10.8 Å². The van der Waals surface area contributed by atoms with Gasteiger partial charge in [-0.15, -0.1) is 11.3 Å². The molecule has 1 N–H and O–H groups in total. The van der Waals surface area contributed by atoms with Gasteiger partial charge in [0.15, 0.2) is 5.82 Å². The highest BCUT2D eigenvalue weighted by Gasteiger charge is 2.12. The van der Waals surface area contributed by atoms with Crippen LogP contribution in [-0.4, -0.2) is 23.2 Å². The van der Waals surface area contributed by atoms with Crippen LogP contribution in [0.3, 0.4) is 0 Å². The molecular formula is C10H12BrN3OS. The zero-order chi connectivity index (χ0) is 11.5. The van der Waals surface area contributed by atoms with Crippen LogP contribution in [0.15, 0.2) is 20.4 Å². The van der Waals surface area contributed by atoms with Gasteiger partial charge in [0, 0.05) is 22.3 Å². The fourth-order valence-electron chi connectivity index (χ4n) is 1.24. The third-order valence-corrected chi connectivity index (χ3v) is 3.91. The lowest BCUT2D eigenvalue weighted by atomic mass is 10.2. The lowest BCUT2D eigenvalue weighted by Crippen LogP contribution is -2.24. The van der Waals surface area contributed by atoms with E-state index in [9.17, 15) is 0 Å². The molecule has 0 saturated carbocycles. The third-order valence-electron chi connectivity index (χ3n) is 2.23. The van der Waals surface area contributed by atoms with Gasteiger partial charge in [-0.1, -0.05) is 5.16 Å². The molecule has 2 aromatic rings. The molecule has 4 nitrogen and oxygen atoms in total. The summed E-state index contributed by atoms with van der Waals surface area (Å²) in [4.78, 5) is 5.34. The average Bonchev–Trinajstić information content (AvgIpc) is 2.87. The highest BCUT2D eigenvalue weighted by molar-refractivity contribution is 9.10. The number of hydrogen-bond donors (Lipinski definition) is 1. The second kappa shape index (κ2) is 5.07. The number of nitrogens with one attached hydrogen (secondary N) is 1. The average molecular weight is 302 g/mol. The molecule has 2 rings (SSSR count). The number of hydrogen-bond acceptors (Lipinski definition) is 5. The van der Waals surface area contributed by atoms with E-state index in [-0.39, 0.29) is 0 Å². The van der Waals surface area contributed by atoms with Crippen molar-refractivity contribution >= 4 is 27.3 Å². The summed E-state index contributed by atoms with van der Waals surface area (Å²) in [6, 6.07) is 2.32. The Hall–Kier alpha value is -0.720. The maximum Gasteiger partial charge on any atom is 0.268 e. The standard InChI is InChI=1S/C10H12BrN3OS/c1-6(12-2)3-9-13-10(15-14-9)8-4-7(11)5-16-8/h4-6,12H,3H2,1-2H3. The van der Waals surface area contributed by atoms with E-state index in [0.717, 1.165) is 21.6 Å². The molecular weight excluding hydrogens is 290 g/mol. The van der Waals surface area contributed by atoms with E-state index in [1.807, 2.05) is 18.5 Å². The summed E-state index contributed by atoms with van der Waals surface area (Å²) in [7, 11) is 1.92. The molecule has 0 amide bonds. The van der Waals surface area contributed by atoms with Crippen molar-refractivity contribution in [3.63, 3.8) is 0 Å². The van der Waals surface area contributed by atoms with Crippen molar-refractivity contribution in [2.75, 3.05) is 7.05 Å². The molecule has 0 aliphatic heterocycles. The van der Waals surface area contributed by atoms with Crippen molar-refractivity contribution in [3.05, 3.63) is 21.7 Å². The van der Waals surface area contributed by atoms with E-state index in [1.54, 1.807) is 11.3 Å². The normalized spacial score (nSPS) is 12.9. The first kappa shape index (κ1) is 11.8. The molecule has 86 valence electrons. The maximum absolute atomic E-state index is 5.21. The fourth-order valence-corrected chi connectivity index (χ4v) is 2.59. The summed E-state index contributed by atoms with van der Waals surface area (Å²) in [5, 5.41) is 9.09. The summed E-state index contributed by atoms with van der Waals surface area (Å²) in [5.41, 5.74) is 0. The topological polar surface area (TPSA) is 51.0 Å². The molecule has 2 heterocycles. The van der Waals surface area contributed by atoms with Gasteiger partial charge in [0.2, 0.25) is 0 Å². The van der Waals surface area contributed by atoms with Crippen LogP contribution in [0.5, 0.6) is 0 Å². The molecule has 1 unspecified atom stereocenters. The second-order valence-electron chi connectivity index (χ2n) is 3.54. The molecule has 0 aromatic carbocycles. The highest BCUT2D eigenvalue weighted by atomic mass is 79.9. The summed E-state index contributed by atoms with van der Waals surface area (Å²) >= 11 is 4.98. The zero-order valence-electron chi connectivity index (χ0n) is 9.03. The first-order chi connectivity index (χ1) is 7.69. The van der Waals surface area contributed by atoms with E-state index in [4.69, 9.17) is 4.52 Å². The van der Waals surface area contributed by atoms with Gasteiger partial charge in [0.05, 0.1) is 4.88 Å². The Labute approximate surface area is 106 Å². The smallest absolute Gasteiger partial charge is 0.268 e. The molecule has 6 heteroatoms. The summed E-state index contributed by atoms with van der Waals surface area (Å²) in [6.07, 6.45) is 0.770. The lowest BCUT2D eigenvalue weighted by molar-refractivity contribution is 0.419. The molecule has 0 aliphatic carbocycles. The predicted octanol–water partition coefficient (Wildman–Crippen LogP) is 2.71. The monoisotopic (exact) mass is 301 g/mol. The van der Waals surface area contributed by atoms with E-state index < -0.39 is 0 Å². The van der Waals surface area contributed by atoms with Crippen LogP contribution in [0.4, 0.5) is 0 Å². The third kappa shape index (κ3) is 2.69. The van der Waals surface area contributed by atoms with Crippen LogP contribution in [0.2, 0.25) is 0 Å². The van der Waals surface area contributed by atoms with Crippen molar-refractivity contribution in [1.82, 2.24) is 15.5 Å². The number of halogens is 1. The quantitative estimate of drug-likeness (QED) is 0.943. The minimum absolute atomic E-state index is 0.348. The van der Waals surface area contributed by atoms with Gasteiger partial charge in [0.25, 0.3) is 5.89 Å². The van der Waals surface area contributed by atoms with Crippen LogP contribution < -0.4 is 5.32 Å². The minimum atomic E-state index is 0.348. The van der Waals surface area contributed by atoms with Crippen LogP contribution in [0, 0.1) is 0 Å². The van der Waals surface area contributed by atoms with Gasteiger partial charge in [-0.2, -0.15) is 4.98 Å². The van der Waals surface area contributed by atoms with Gasteiger partial charge in [-0.3, -0.25) is 0 Å². The van der Waals surface area contributed by atoms with E-state index in [0.29, 0.717) is 11.9 Å². The second-order valence-corrected chi connectivity index (χ2v) is 5.37. The summed E-state index contributed by atoms with van der Waals surface area (Å²) < 4.78 is 6.25. The van der Waals surface area contributed by atoms with E-state index >= 15 is 0 Å². The molecule has 0 radical (unpaired) electrons. The Morgan fingerprint density at radius 2 is 2.44 bits per heavy atom. The molecule has 0 bridgehead atoms. The van der Waals surface area contributed by atoms with Crippen LogP contribution in [-0.2, 0) is 6.42 Å². The molecule has 2 aromatic heterocycles. The van der Waals surface area contributed by atoms with Crippen molar-refractivity contribution in [1.29, 1.82) is 0 Å². The molecule has 0 aliphatic rings. The number of rotatable bonds is 4. The lowest BCUT2D eigenvalue weighted by Gasteiger charge is -2.04. The van der Waals surface area contributed by atoms with Crippen molar-refractivity contribution < 1.29 is 4.52 Å². The van der Waals surface area contributed by atoms with Crippen molar-refractivity contribution in [2.45, 2.75) is 19.4 Å². The number of likely N-dealkylation sites (N-methyl/N-ethyl adjacent to an activating group) is 1. The van der Waals surface area contributed by atoms with Crippen molar-refractivity contribution in [3.8, 4) is 10.8 Å². The first-order valence-corrected chi connectivity index (χ1v) is 6.60. The molecule has 0 spiro atoms. The molecule has 1 atom stereocenters. The Balaban J connectivity index is 2.13. The van der Waals surface area contributed by atoms with E-state index in [1.165, 1.54) is 0 Å². The molecule has 0 fully saturated rings. The van der Waals surface area contributed by atoms with Crippen LogP contribution >= 0.6 is 27.3 Å². The van der Waals surface area contributed by atoms with Gasteiger partial charge in [-0.25, -0.2) is 0 Å². The summed E-state index contributed by atoms with van der Waals surface area (Å²) in [5.74, 6) is 1.33. The Morgan fingerprint density at radius 3 is 3.06 bits per heavy atom. The number of thiophene rings is 1. The van der Waals surface area contributed by atoms with Gasteiger partial charge >= 0.3 is 0 Å². The van der Waals surface area contributed by atoms with Gasteiger partial charge in [0.1, 0.15) is 0 Å². The Morgan fingerprint density at radius 1 is 1.62 bits per heavy atom. The minimum Gasteiger partial charge on any atom is -0.333 e. The first-order valence-electron chi connectivity index (χ1n) is 4.93. The number of aromatic nitrogens is 2. The summed E-state index contributed by atoms with van der Waals surface area (Å²) in [6.45, 7) is 2.08. The highest BCUT2D eigenvalue weighted by Crippen LogP contribution is 2.28. The zero-order valence-corrected chi connectivity index (χ0v) is 11.4. The van der Waals surface area contributed by atoms with Crippen LogP contribution in [0.1, 0.15) is 12.7 Å². The molecule has 16 heavy (non-hydrogen) atoms. The largest absolute Gasteiger partial charge is 0.333 e. The maximum atomic E-state index is 5.21.